The van der Waals surface area contributed by atoms with E-state index in [9.17, 15) is 4.79 Å². The fourth-order valence-corrected chi connectivity index (χ4v) is 1.76. The van der Waals surface area contributed by atoms with Crippen LogP contribution >= 0.6 is 23.2 Å². The van der Waals surface area contributed by atoms with E-state index in [2.05, 4.69) is 10.3 Å². The Kier molecular flexibility index (Phi) is 3.89. The highest BCUT2D eigenvalue weighted by Crippen LogP contribution is 2.19. The number of carbonyl (C=O) groups excluding carboxylic acids is 1. The molecule has 18 heavy (non-hydrogen) atoms. The van der Waals surface area contributed by atoms with Crippen molar-refractivity contribution in [3.8, 4) is 0 Å². The lowest BCUT2D eigenvalue weighted by atomic mass is 10.2. The van der Waals surface area contributed by atoms with E-state index in [1.165, 1.54) is 12.3 Å². The number of nitrogens with zero attached hydrogens (tertiary/aromatic N) is 2. The Morgan fingerprint density at radius 2 is 2.28 bits per heavy atom. The lowest BCUT2D eigenvalue weighted by molar-refractivity contribution is 0.0950. The standard InChI is InChI=1S/C12H11Cl2N3O/c1-17-3-2-8(7-17)5-16-12(18)9-4-10(13)11(14)15-6-9/h2-4,6-7H,5H2,1H3,(H,16,18). The van der Waals surface area contributed by atoms with E-state index in [1.807, 2.05) is 30.1 Å². The van der Waals surface area contributed by atoms with Crippen LogP contribution in [0.4, 0.5) is 0 Å². The molecule has 2 aromatic rings. The molecule has 0 atom stereocenters. The molecular formula is C12H11Cl2N3O. The van der Waals surface area contributed by atoms with Gasteiger partial charge in [-0.15, -0.1) is 0 Å². The highest BCUT2D eigenvalue weighted by molar-refractivity contribution is 6.41. The zero-order chi connectivity index (χ0) is 13.1. The molecule has 0 saturated heterocycles. The Balaban J connectivity index is 2.01. The number of hydrogen-bond donors (Lipinski definition) is 1. The van der Waals surface area contributed by atoms with Gasteiger partial charge in [0.1, 0.15) is 5.15 Å². The maximum absolute atomic E-state index is 11.8. The first kappa shape index (κ1) is 12.9. The van der Waals surface area contributed by atoms with Crippen molar-refractivity contribution < 1.29 is 4.79 Å². The molecule has 0 spiro atoms. The van der Waals surface area contributed by atoms with Gasteiger partial charge in [0.25, 0.3) is 5.91 Å². The maximum Gasteiger partial charge on any atom is 0.253 e. The van der Waals surface area contributed by atoms with Crippen molar-refractivity contribution in [3.05, 3.63) is 52.0 Å². The zero-order valence-corrected chi connectivity index (χ0v) is 11.2. The quantitative estimate of drug-likeness (QED) is 0.881. The van der Waals surface area contributed by atoms with E-state index in [0.717, 1.165) is 5.56 Å². The summed E-state index contributed by atoms with van der Waals surface area (Å²) in [4.78, 5) is 15.7. The van der Waals surface area contributed by atoms with Crippen LogP contribution in [0.2, 0.25) is 10.2 Å². The number of nitrogens with one attached hydrogen (secondary N) is 1. The van der Waals surface area contributed by atoms with Gasteiger partial charge in [-0.1, -0.05) is 23.2 Å². The number of halogens is 2. The average Bonchev–Trinajstić information content (AvgIpc) is 2.75. The van der Waals surface area contributed by atoms with Gasteiger partial charge in [0.2, 0.25) is 0 Å². The topological polar surface area (TPSA) is 46.9 Å². The minimum Gasteiger partial charge on any atom is -0.357 e. The average molecular weight is 284 g/mol. The first-order valence-electron chi connectivity index (χ1n) is 5.26. The molecule has 0 aliphatic heterocycles. The molecule has 94 valence electrons. The molecule has 2 aromatic heterocycles. The van der Waals surface area contributed by atoms with Gasteiger partial charge < -0.3 is 9.88 Å². The Labute approximate surface area is 115 Å². The molecule has 0 aliphatic rings. The maximum atomic E-state index is 11.8. The van der Waals surface area contributed by atoms with Gasteiger partial charge in [-0.25, -0.2) is 4.98 Å². The van der Waals surface area contributed by atoms with Gasteiger partial charge in [-0.3, -0.25) is 4.79 Å². The predicted octanol–water partition coefficient (Wildman–Crippen LogP) is 2.66. The van der Waals surface area contributed by atoms with Crippen LogP contribution in [-0.2, 0) is 13.6 Å². The van der Waals surface area contributed by atoms with Crippen molar-refractivity contribution in [3.63, 3.8) is 0 Å². The predicted molar refractivity (Wildman–Crippen MR) is 70.8 cm³/mol. The number of aromatic nitrogens is 2. The smallest absolute Gasteiger partial charge is 0.253 e. The van der Waals surface area contributed by atoms with Crippen molar-refractivity contribution in [1.82, 2.24) is 14.9 Å². The van der Waals surface area contributed by atoms with E-state index in [0.29, 0.717) is 12.1 Å². The SMILES string of the molecule is Cn1ccc(CNC(=O)c2cnc(Cl)c(Cl)c2)c1. The fourth-order valence-electron chi connectivity index (χ4n) is 1.50. The third kappa shape index (κ3) is 3.03. The summed E-state index contributed by atoms with van der Waals surface area (Å²) in [5.74, 6) is -0.232. The van der Waals surface area contributed by atoms with Crippen LogP contribution in [0.3, 0.4) is 0 Å². The second-order valence-electron chi connectivity index (χ2n) is 3.86. The third-order valence-corrected chi connectivity index (χ3v) is 3.09. The fraction of sp³-hybridized carbons (Fsp3) is 0.167. The first-order valence-corrected chi connectivity index (χ1v) is 6.02. The molecule has 6 heteroatoms. The molecular weight excluding hydrogens is 273 g/mol. The number of hydrogen-bond acceptors (Lipinski definition) is 2. The second kappa shape index (κ2) is 5.42. The van der Waals surface area contributed by atoms with Crippen molar-refractivity contribution >= 4 is 29.1 Å². The van der Waals surface area contributed by atoms with Crippen molar-refractivity contribution in [2.75, 3.05) is 0 Å². The molecule has 1 N–H and O–H groups in total. The normalized spacial score (nSPS) is 10.4. The molecule has 0 saturated carbocycles. The van der Waals surface area contributed by atoms with E-state index < -0.39 is 0 Å². The third-order valence-electron chi connectivity index (χ3n) is 2.40. The van der Waals surface area contributed by atoms with Crippen molar-refractivity contribution in [2.24, 2.45) is 7.05 Å². The summed E-state index contributed by atoms with van der Waals surface area (Å²) < 4.78 is 1.92. The minimum atomic E-state index is -0.232. The monoisotopic (exact) mass is 283 g/mol. The molecule has 0 aliphatic carbocycles. The molecule has 0 bridgehead atoms. The van der Waals surface area contributed by atoms with Crippen LogP contribution < -0.4 is 5.32 Å². The molecule has 2 rings (SSSR count). The van der Waals surface area contributed by atoms with E-state index in [-0.39, 0.29) is 16.1 Å². The van der Waals surface area contributed by atoms with Crippen LogP contribution in [0.5, 0.6) is 0 Å². The first-order chi connectivity index (χ1) is 8.56. The number of carbonyl (C=O) groups is 1. The molecule has 0 aromatic carbocycles. The highest BCUT2D eigenvalue weighted by Gasteiger charge is 2.08. The molecule has 2 heterocycles. The summed E-state index contributed by atoms with van der Waals surface area (Å²) in [6, 6.07) is 3.44. The van der Waals surface area contributed by atoms with Gasteiger partial charge in [-0.05, 0) is 17.7 Å². The van der Waals surface area contributed by atoms with E-state index in [1.54, 1.807) is 0 Å². The highest BCUT2D eigenvalue weighted by atomic mass is 35.5. The summed E-state index contributed by atoms with van der Waals surface area (Å²) in [5.41, 5.74) is 1.42. The number of amides is 1. The molecule has 0 unspecified atom stereocenters. The lowest BCUT2D eigenvalue weighted by Gasteiger charge is -2.04. The second-order valence-corrected chi connectivity index (χ2v) is 4.63. The van der Waals surface area contributed by atoms with Gasteiger partial charge in [0.15, 0.2) is 0 Å². The van der Waals surface area contributed by atoms with Gasteiger partial charge >= 0.3 is 0 Å². The zero-order valence-electron chi connectivity index (χ0n) is 9.65. The van der Waals surface area contributed by atoms with E-state index >= 15 is 0 Å². The number of aryl methyl sites for hydroxylation is 1. The van der Waals surface area contributed by atoms with E-state index in [4.69, 9.17) is 23.2 Å². The Morgan fingerprint density at radius 1 is 1.50 bits per heavy atom. The minimum absolute atomic E-state index is 0.191. The largest absolute Gasteiger partial charge is 0.357 e. The van der Waals surface area contributed by atoms with Crippen molar-refractivity contribution in [1.29, 1.82) is 0 Å². The van der Waals surface area contributed by atoms with Gasteiger partial charge in [0.05, 0.1) is 10.6 Å². The van der Waals surface area contributed by atoms with Crippen LogP contribution in [0.25, 0.3) is 0 Å². The van der Waals surface area contributed by atoms with Crippen LogP contribution in [-0.4, -0.2) is 15.5 Å². The summed E-state index contributed by atoms with van der Waals surface area (Å²) in [7, 11) is 1.92. The Hall–Kier alpha value is -1.52. The summed E-state index contributed by atoms with van der Waals surface area (Å²) in [6.45, 7) is 0.458. The summed E-state index contributed by atoms with van der Waals surface area (Å²) >= 11 is 11.5. The summed E-state index contributed by atoms with van der Waals surface area (Å²) in [6.07, 6.45) is 5.25. The van der Waals surface area contributed by atoms with Crippen LogP contribution in [0.1, 0.15) is 15.9 Å². The van der Waals surface area contributed by atoms with Crippen LogP contribution in [0.15, 0.2) is 30.7 Å². The number of rotatable bonds is 3. The van der Waals surface area contributed by atoms with Gasteiger partial charge in [-0.2, -0.15) is 0 Å². The van der Waals surface area contributed by atoms with Crippen LogP contribution in [0, 0.1) is 0 Å². The van der Waals surface area contributed by atoms with Gasteiger partial charge in [0, 0.05) is 32.2 Å². The number of pyridine rings is 1. The molecule has 4 nitrogen and oxygen atoms in total. The summed E-state index contributed by atoms with van der Waals surface area (Å²) in [5, 5.41) is 3.24. The Morgan fingerprint density at radius 3 is 2.89 bits per heavy atom. The molecule has 0 fully saturated rings. The lowest BCUT2D eigenvalue weighted by Crippen LogP contribution is -2.22. The van der Waals surface area contributed by atoms with Crippen molar-refractivity contribution in [2.45, 2.75) is 6.54 Å². The molecule has 0 radical (unpaired) electrons. The molecule has 1 amide bonds. The Bertz CT molecular complexity index is 580.